The van der Waals surface area contributed by atoms with Gasteiger partial charge in [-0.15, -0.1) is 0 Å². The third-order valence-electron chi connectivity index (χ3n) is 13.6. The summed E-state index contributed by atoms with van der Waals surface area (Å²) >= 11 is 0. The maximum absolute atomic E-state index is 15.3. The second-order valence-electron chi connectivity index (χ2n) is 21.0. The molecule has 330 valence electrons. The van der Waals surface area contributed by atoms with E-state index in [2.05, 4.69) is 155 Å². The zero-order valence-electron chi connectivity index (χ0n) is 39.6. The molecule has 1 fully saturated rings. The molecule has 0 radical (unpaired) electrons. The van der Waals surface area contributed by atoms with Crippen molar-refractivity contribution in [2.75, 3.05) is 19.4 Å². The summed E-state index contributed by atoms with van der Waals surface area (Å²) in [5.41, 5.74) is 1.95. The Bertz CT molecular complexity index is 2020. The lowest BCUT2D eigenvalue weighted by Crippen LogP contribution is -2.66. The first-order valence-corrected chi connectivity index (χ1v) is 31.9. The van der Waals surface area contributed by atoms with Crippen molar-refractivity contribution in [2.45, 2.75) is 135 Å². The highest BCUT2D eigenvalue weighted by Crippen LogP contribution is 2.48. The molecule has 0 heterocycles. The summed E-state index contributed by atoms with van der Waals surface area (Å²) in [7, 11) is -10.4. The van der Waals surface area contributed by atoms with Gasteiger partial charge in [0.15, 0.2) is 16.6 Å². The lowest BCUT2D eigenvalue weighted by molar-refractivity contribution is -0.0879. The molecule has 0 spiro atoms. The predicted octanol–water partition coefficient (Wildman–Crippen LogP) is 12.0. The molecule has 5 rings (SSSR count). The van der Waals surface area contributed by atoms with Gasteiger partial charge in [-0.3, -0.25) is 0 Å². The topological polar surface area (TPSA) is 54.0 Å². The van der Waals surface area contributed by atoms with E-state index in [9.17, 15) is 0 Å². The number of rotatable bonds is 16. The molecule has 4 aromatic carbocycles. The van der Waals surface area contributed by atoms with Crippen LogP contribution in [-0.4, -0.2) is 62.6 Å². The van der Waals surface area contributed by atoms with Gasteiger partial charge in [-0.05, 0) is 69.2 Å². The number of allylic oxidation sites excluding steroid dienone is 1. The van der Waals surface area contributed by atoms with E-state index in [-0.39, 0.29) is 27.3 Å². The molecule has 9 heteroatoms. The zero-order chi connectivity index (χ0) is 44.9. The number of hydrogen-bond acceptors (Lipinski definition) is 5. The molecule has 4 aromatic rings. The number of ether oxygens (including phenoxy) is 1. The van der Waals surface area contributed by atoms with Crippen molar-refractivity contribution in [3.63, 3.8) is 0 Å². The third kappa shape index (κ3) is 11.1. The monoisotopic (exact) mass is 894 g/mol. The van der Waals surface area contributed by atoms with Crippen molar-refractivity contribution in [3.8, 4) is 0 Å². The van der Waals surface area contributed by atoms with Crippen LogP contribution in [0.1, 0.15) is 75.2 Å². The number of hydrogen-bond donors (Lipinski definition) is 0. The quantitative estimate of drug-likeness (QED) is 0.0637. The van der Waals surface area contributed by atoms with Gasteiger partial charge in [0.2, 0.25) is 0 Å². The minimum atomic E-state index is -3.03. The lowest BCUT2D eigenvalue weighted by Gasteiger charge is -2.49. The van der Waals surface area contributed by atoms with Gasteiger partial charge in [-0.25, -0.2) is 0 Å². The highest BCUT2D eigenvalue weighted by molar-refractivity contribution is 7.78. The van der Waals surface area contributed by atoms with Crippen molar-refractivity contribution in [1.82, 2.24) is 0 Å². The van der Waals surface area contributed by atoms with Crippen LogP contribution < -0.4 is 21.0 Å². The van der Waals surface area contributed by atoms with E-state index < -0.39 is 38.2 Å². The summed E-state index contributed by atoms with van der Waals surface area (Å²) in [5.74, 6) is 0. The van der Waals surface area contributed by atoms with Gasteiger partial charge in [0.1, 0.15) is 13.2 Å². The molecule has 3 unspecified atom stereocenters. The molecular formula is C52H75O5PSi3. The van der Waals surface area contributed by atoms with Crippen LogP contribution in [0.3, 0.4) is 0 Å². The third-order valence-corrected chi connectivity index (χ3v) is 30.6. The van der Waals surface area contributed by atoms with E-state index in [1.54, 1.807) is 0 Å². The Hall–Kier alpha value is -2.92. The summed E-state index contributed by atoms with van der Waals surface area (Å²) < 4.78 is 44.5. The van der Waals surface area contributed by atoms with Crippen LogP contribution >= 0.6 is 7.14 Å². The SMILES string of the molecule is C=C1C(=CCP(=O)(c2ccccc2)c2ccccc2)CC(O[Si](C)(C)C(C)(C)C)C(OCCCO[Si](c2ccccc2)(c2ccccc2)C(C)(C)C)C1O[Si](C)(C)C(C)(C)C. The molecule has 61 heavy (non-hydrogen) atoms. The van der Waals surface area contributed by atoms with E-state index in [1.165, 1.54) is 10.4 Å². The van der Waals surface area contributed by atoms with E-state index in [1.807, 2.05) is 60.7 Å². The molecule has 0 saturated heterocycles. The Kier molecular flexibility index (Phi) is 15.7. The predicted molar refractivity (Wildman–Crippen MR) is 269 cm³/mol. The Morgan fingerprint density at radius 2 is 1.05 bits per heavy atom. The van der Waals surface area contributed by atoms with Crippen LogP contribution in [0.15, 0.2) is 145 Å². The van der Waals surface area contributed by atoms with E-state index in [0.29, 0.717) is 32.2 Å². The molecule has 0 amide bonds. The fourth-order valence-corrected chi connectivity index (χ4v) is 17.7. The summed E-state index contributed by atoms with van der Waals surface area (Å²) in [6.45, 7) is 35.7. The van der Waals surface area contributed by atoms with Crippen LogP contribution in [0.4, 0.5) is 0 Å². The van der Waals surface area contributed by atoms with Crippen LogP contribution in [-0.2, 0) is 22.6 Å². The van der Waals surface area contributed by atoms with Crippen molar-refractivity contribution in [3.05, 3.63) is 145 Å². The van der Waals surface area contributed by atoms with Gasteiger partial charge in [-0.2, -0.15) is 0 Å². The second kappa shape index (κ2) is 19.4. The van der Waals surface area contributed by atoms with Gasteiger partial charge in [0.05, 0.1) is 12.2 Å². The van der Waals surface area contributed by atoms with Crippen molar-refractivity contribution < 1.29 is 22.6 Å². The average Bonchev–Trinajstić information content (AvgIpc) is 3.20. The van der Waals surface area contributed by atoms with E-state index in [0.717, 1.165) is 21.8 Å². The Labute approximate surface area is 373 Å². The molecule has 1 aliphatic rings. The van der Waals surface area contributed by atoms with Crippen LogP contribution in [0.25, 0.3) is 0 Å². The van der Waals surface area contributed by atoms with E-state index in [4.69, 9.17) is 24.6 Å². The smallest absolute Gasteiger partial charge is 0.261 e. The first-order chi connectivity index (χ1) is 28.4. The molecule has 0 N–H and O–H groups in total. The van der Waals surface area contributed by atoms with Gasteiger partial charge in [-0.1, -0.05) is 196 Å². The van der Waals surface area contributed by atoms with Crippen molar-refractivity contribution >= 4 is 53.1 Å². The Balaban J connectivity index is 1.51. The van der Waals surface area contributed by atoms with Crippen LogP contribution in [0.5, 0.6) is 0 Å². The van der Waals surface area contributed by atoms with Gasteiger partial charge >= 0.3 is 0 Å². The molecule has 0 bridgehead atoms. The van der Waals surface area contributed by atoms with Gasteiger partial charge in [0.25, 0.3) is 8.32 Å². The molecule has 0 aromatic heterocycles. The summed E-state index contributed by atoms with van der Waals surface area (Å²) in [5, 5.41) is 4.06. The normalized spacial score (nSPS) is 19.3. The highest BCUT2D eigenvalue weighted by atomic mass is 31.2. The summed E-state index contributed by atoms with van der Waals surface area (Å²) in [6, 6.07) is 41.5. The molecular weight excluding hydrogens is 820 g/mol. The Morgan fingerprint density at radius 3 is 1.48 bits per heavy atom. The molecule has 5 nitrogen and oxygen atoms in total. The largest absolute Gasteiger partial charge is 0.411 e. The fraction of sp³-hybridized carbons (Fsp3) is 0.462. The van der Waals surface area contributed by atoms with Crippen LogP contribution in [0, 0.1) is 0 Å². The number of benzene rings is 4. The first kappa shape index (κ1) is 49.1. The molecule has 1 saturated carbocycles. The minimum Gasteiger partial charge on any atom is -0.411 e. The lowest BCUT2D eigenvalue weighted by atomic mass is 9.84. The standard InChI is InChI=1S/C52H75O5PSi3/c1-41-42(36-39-58(53,43-28-19-15-20-29-43)44-30-21-16-22-31-44)40-47(56-59(11,12)50(2,3)4)49(48(41)57-60(13,14)51(5,6)7)54-37-27-38-55-61(52(8,9)10,45-32-23-17-24-33-45)46-34-25-18-26-35-46/h15-26,28-36,47-49H,1,27,37-40H2,2-14H3. The van der Waals surface area contributed by atoms with Crippen molar-refractivity contribution in [2.24, 2.45) is 0 Å². The second-order valence-corrected chi connectivity index (χ2v) is 37.7. The summed E-state index contributed by atoms with van der Waals surface area (Å²) in [4.78, 5) is 0. The molecule has 3 atom stereocenters. The maximum atomic E-state index is 15.3. The molecule has 0 aliphatic heterocycles. The summed E-state index contributed by atoms with van der Waals surface area (Å²) in [6.07, 6.45) is 2.79. The minimum absolute atomic E-state index is 0.0222. The van der Waals surface area contributed by atoms with Gasteiger partial charge in [0, 0.05) is 36.4 Å². The first-order valence-electron chi connectivity index (χ1n) is 22.3. The van der Waals surface area contributed by atoms with Crippen LogP contribution in [0.2, 0.25) is 41.3 Å². The van der Waals surface area contributed by atoms with Crippen molar-refractivity contribution in [1.29, 1.82) is 0 Å². The zero-order valence-corrected chi connectivity index (χ0v) is 43.5. The maximum Gasteiger partial charge on any atom is 0.261 e. The Morgan fingerprint density at radius 1 is 0.623 bits per heavy atom. The van der Waals surface area contributed by atoms with Gasteiger partial charge < -0.3 is 22.6 Å². The fourth-order valence-electron chi connectivity index (χ4n) is 7.95. The highest BCUT2D eigenvalue weighted by Gasteiger charge is 2.51. The average molecular weight is 895 g/mol. The van der Waals surface area contributed by atoms with E-state index >= 15 is 4.57 Å². The molecule has 1 aliphatic carbocycles.